The summed E-state index contributed by atoms with van der Waals surface area (Å²) in [6.45, 7) is 4.58. The highest BCUT2D eigenvalue weighted by Crippen LogP contribution is 2.49. The molecule has 2 aromatic carbocycles. The normalized spacial score (nSPS) is 19.5. The Morgan fingerprint density at radius 1 is 1.10 bits per heavy atom. The molecule has 106 valence electrons. The topological polar surface area (TPSA) is 27.8 Å². The number of aromatic amines is 1. The Morgan fingerprint density at radius 3 is 2.71 bits per heavy atom. The lowest BCUT2D eigenvalue weighted by Crippen LogP contribution is -2.25. The van der Waals surface area contributed by atoms with Gasteiger partial charge in [0.2, 0.25) is 0 Å². The highest BCUT2D eigenvalue weighted by Gasteiger charge is 2.40. The van der Waals surface area contributed by atoms with Crippen molar-refractivity contribution in [3.8, 4) is 0 Å². The standard InChI is InChI=1S/C18H17ClN2/c1-18(2)14-5-3-4-6-16(14)21-17(18)13-10-20-15-8-7-11(19)9-12(13)15/h3-10,17,20-21H,1-2H3. The third-order valence-corrected chi connectivity index (χ3v) is 4.86. The van der Waals surface area contributed by atoms with Crippen molar-refractivity contribution in [1.82, 2.24) is 4.98 Å². The first kappa shape index (κ1) is 12.8. The van der Waals surface area contributed by atoms with Gasteiger partial charge in [0.1, 0.15) is 0 Å². The molecule has 3 heteroatoms. The second-order valence-corrected chi connectivity index (χ2v) is 6.71. The number of hydrogen-bond acceptors (Lipinski definition) is 1. The maximum absolute atomic E-state index is 6.18. The van der Waals surface area contributed by atoms with Crippen LogP contribution in [0.15, 0.2) is 48.7 Å². The lowest BCUT2D eigenvalue weighted by Gasteiger charge is -2.27. The zero-order chi connectivity index (χ0) is 14.6. The van der Waals surface area contributed by atoms with Crippen molar-refractivity contribution >= 4 is 28.2 Å². The number of aromatic nitrogens is 1. The van der Waals surface area contributed by atoms with E-state index in [1.807, 2.05) is 18.2 Å². The van der Waals surface area contributed by atoms with Crippen molar-refractivity contribution < 1.29 is 0 Å². The first-order valence-corrected chi connectivity index (χ1v) is 7.58. The molecule has 1 aliphatic heterocycles. The number of rotatable bonds is 1. The van der Waals surface area contributed by atoms with Crippen LogP contribution < -0.4 is 5.32 Å². The summed E-state index contributed by atoms with van der Waals surface area (Å²) in [7, 11) is 0. The van der Waals surface area contributed by atoms with E-state index in [2.05, 4.69) is 54.6 Å². The van der Waals surface area contributed by atoms with Crippen LogP contribution in [0.25, 0.3) is 10.9 Å². The highest BCUT2D eigenvalue weighted by molar-refractivity contribution is 6.31. The molecule has 0 saturated heterocycles. The summed E-state index contributed by atoms with van der Waals surface area (Å²) in [6.07, 6.45) is 2.10. The van der Waals surface area contributed by atoms with Crippen LogP contribution in [0.3, 0.4) is 0 Å². The molecule has 2 nitrogen and oxygen atoms in total. The number of benzene rings is 2. The average Bonchev–Trinajstić information content (AvgIpc) is 2.98. The number of halogens is 1. The van der Waals surface area contributed by atoms with Crippen molar-refractivity contribution in [2.24, 2.45) is 0 Å². The quantitative estimate of drug-likeness (QED) is 0.629. The van der Waals surface area contributed by atoms with Crippen LogP contribution in [0.2, 0.25) is 5.02 Å². The van der Waals surface area contributed by atoms with E-state index in [1.165, 1.54) is 22.2 Å². The summed E-state index contributed by atoms with van der Waals surface area (Å²) in [4.78, 5) is 3.36. The zero-order valence-corrected chi connectivity index (χ0v) is 12.8. The van der Waals surface area contributed by atoms with E-state index in [1.54, 1.807) is 0 Å². The second kappa shape index (κ2) is 4.28. The molecule has 1 aromatic heterocycles. The van der Waals surface area contributed by atoms with Crippen LogP contribution in [0.1, 0.15) is 31.0 Å². The van der Waals surface area contributed by atoms with E-state index in [9.17, 15) is 0 Å². The van der Waals surface area contributed by atoms with Crippen molar-refractivity contribution in [2.75, 3.05) is 5.32 Å². The predicted octanol–water partition coefficient (Wildman–Crippen LogP) is 5.27. The summed E-state index contributed by atoms with van der Waals surface area (Å²) in [6, 6.07) is 14.8. The van der Waals surface area contributed by atoms with Gasteiger partial charge in [-0.1, -0.05) is 43.6 Å². The highest BCUT2D eigenvalue weighted by atomic mass is 35.5. The molecule has 0 aliphatic carbocycles. The van der Waals surface area contributed by atoms with Gasteiger partial charge < -0.3 is 10.3 Å². The van der Waals surface area contributed by atoms with Crippen LogP contribution >= 0.6 is 11.6 Å². The Hall–Kier alpha value is -1.93. The van der Waals surface area contributed by atoms with Crippen LogP contribution in [-0.2, 0) is 5.41 Å². The van der Waals surface area contributed by atoms with E-state index in [-0.39, 0.29) is 11.5 Å². The molecule has 0 amide bonds. The van der Waals surface area contributed by atoms with Gasteiger partial charge in [0.25, 0.3) is 0 Å². The number of para-hydroxylation sites is 1. The molecular weight excluding hydrogens is 280 g/mol. The van der Waals surface area contributed by atoms with Crippen molar-refractivity contribution in [2.45, 2.75) is 25.3 Å². The Morgan fingerprint density at radius 2 is 1.90 bits per heavy atom. The minimum atomic E-state index is 0.0357. The Balaban J connectivity index is 1.89. The molecule has 0 spiro atoms. The fourth-order valence-corrected chi connectivity index (χ4v) is 3.65. The van der Waals surface area contributed by atoms with Crippen molar-refractivity contribution in [1.29, 1.82) is 0 Å². The molecule has 2 heterocycles. The van der Waals surface area contributed by atoms with Gasteiger partial charge in [-0.05, 0) is 29.8 Å². The first-order valence-electron chi connectivity index (χ1n) is 7.20. The van der Waals surface area contributed by atoms with E-state index in [0.717, 1.165) is 10.5 Å². The third-order valence-electron chi connectivity index (χ3n) is 4.63. The van der Waals surface area contributed by atoms with Gasteiger partial charge in [-0.3, -0.25) is 0 Å². The van der Waals surface area contributed by atoms with Gasteiger partial charge in [0.05, 0.1) is 6.04 Å². The maximum atomic E-state index is 6.18. The van der Waals surface area contributed by atoms with Crippen LogP contribution in [-0.4, -0.2) is 4.98 Å². The Labute approximate surface area is 129 Å². The molecule has 0 saturated carbocycles. The SMILES string of the molecule is CC1(C)c2ccccc2NC1c1c[nH]c2ccc(Cl)cc12. The van der Waals surface area contributed by atoms with Gasteiger partial charge in [-0.15, -0.1) is 0 Å². The van der Waals surface area contributed by atoms with Crippen molar-refractivity contribution in [3.05, 3.63) is 64.8 Å². The molecule has 1 unspecified atom stereocenters. The van der Waals surface area contributed by atoms with E-state index >= 15 is 0 Å². The molecule has 1 aliphatic rings. The molecule has 0 fully saturated rings. The molecule has 4 rings (SSSR count). The van der Waals surface area contributed by atoms with Gasteiger partial charge in [-0.2, -0.15) is 0 Å². The van der Waals surface area contributed by atoms with Crippen LogP contribution in [0, 0.1) is 0 Å². The average molecular weight is 297 g/mol. The number of H-pyrrole nitrogens is 1. The fraction of sp³-hybridized carbons (Fsp3) is 0.222. The van der Waals surface area contributed by atoms with Crippen molar-refractivity contribution in [3.63, 3.8) is 0 Å². The Kier molecular flexibility index (Phi) is 2.61. The Bertz CT molecular complexity index is 832. The third kappa shape index (κ3) is 1.79. The maximum Gasteiger partial charge on any atom is 0.0626 e. The summed E-state index contributed by atoms with van der Waals surface area (Å²) < 4.78 is 0. The second-order valence-electron chi connectivity index (χ2n) is 6.28. The monoisotopic (exact) mass is 296 g/mol. The largest absolute Gasteiger partial charge is 0.377 e. The summed E-state index contributed by atoms with van der Waals surface area (Å²) in [5, 5.41) is 5.65. The van der Waals surface area contributed by atoms with Gasteiger partial charge in [0.15, 0.2) is 0 Å². The van der Waals surface area contributed by atoms with Gasteiger partial charge >= 0.3 is 0 Å². The summed E-state index contributed by atoms with van der Waals surface area (Å²) in [5.41, 5.74) is 5.03. The van der Waals surface area contributed by atoms with Crippen LogP contribution in [0.4, 0.5) is 5.69 Å². The first-order chi connectivity index (χ1) is 10.1. The fourth-order valence-electron chi connectivity index (χ4n) is 3.48. The van der Waals surface area contributed by atoms with Gasteiger partial charge in [0, 0.05) is 38.8 Å². The van der Waals surface area contributed by atoms with Crippen LogP contribution in [0.5, 0.6) is 0 Å². The zero-order valence-electron chi connectivity index (χ0n) is 12.1. The number of hydrogen-bond donors (Lipinski definition) is 2. The smallest absolute Gasteiger partial charge is 0.0626 e. The molecule has 0 radical (unpaired) electrons. The number of anilines is 1. The van der Waals surface area contributed by atoms with E-state index in [4.69, 9.17) is 11.6 Å². The number of nitrogens with one attached hydrogen (secondary N) is 2. The lowest BCUT2D eigenvalue weighted by atomic mass is 9.78. The molecule has 21 heavy (non-hydrogen) atoms. The molecule has 0 bridgehead atoms. The molecule has 2 N–H and O–H groups in total. The minimum absolute atomic E-state index is 0.0357. The molecule has 1 atom stereocenters. The van der Waals surface area contributed by atoms with Gasteiger partial charge in [-0.25, -0.2) is 0 Å². The summed E-state index contributed by atoms with van der Waals surface area (Å²) >= 11 is 6.18. The van der Waals surface area contributed by atoms with E-state index < -0.39 is 0 Å². The minimum Gasteiger partial charge on any atom is -0.377 e. The molecule has 3 aromatic rings. The molecular formula is C18H17ClN2. The van der Waals surface area contributed by atoms with E-state index in [0.29, 0.717) is 0 Å². The summed E-state index contributed by atoms with van der Waals surface area (Å²) in [5.74, 6) is 0. The lowest BCUT2D eigenvalue weighted by molar-refractivity contribution is 0.476. The predicted molar refractivity (Wildman–Crippen MR) is 89.1 cm³/mol. The number of fused-ring (bicyclic) bond motifs is 2.